The summed E-state index contributed by atoms with van der Waals surface area (Å²) in [7, 11) is 0. The molecule has 5 nitrogen and oxygen atoms in total. The number of para-hydroxylation sites is 1. The Balaban J connectivity index is 1.86. The zero-order valence-electron chi connectivity index (χ0n) is 15.9. The average molecular weight is 384 g/mol. The highest BCUT2D eigenvalue weighted by atomic mass is 16.5. The Labute approximate surface area is 168 Å². The molecular formula is C24H20N2O3. The second kappa shape index (κ2) is 8.02. The van der Waals surface area contributed by atoms with E-state index in [-0.39, 0.29) is 11.3 Å². The van der Waals surface area contributed by atoms with Crippen LogP contribution in [0.1, 0.15) is 18.3 Å². The zero-order valence-corrected chi connectivity index (χ0v) is 15.9. The van der Waals surface area contributed by atoms with Crippen molar-refractivity contribution >= 4 is 23.1 Å². The van der Waals surface area contributed by atoms with Crippen LogP contribution >= 0.6 is 0 Å². The van der Waals surface area contributed by atoms with Crippen molar-refractivity contribution in [2.45, 2.75) is 6.92 Å². The first-order valence-electron chi connectivity index (χ1n) is 9.38. The summed E-state index contributed by atoms with van der Waals surface area (Å²) in [5, 5.41) is 10.0. The van der Waals surface area contributed by atoms with Gasteiger partial charge >= 0.3 is 0 Å². The summed E-state index contributed by atoms with van der Waals surface area (Å²) >= 11 is 0. The second-order valence-electron chi connectivity index (χ2n) is 6.48. The van der Waals surface area contributed by atoms with Crippen LogP contribution in [0.2, 0.25) is 0 Å². The smallest absolute Gasteiger partial charge is 0.266 e. The Morgan fingerprint density at radius 3 is 2.41 bits per heavy atom. The molecule has 0 unspecified atom stereocenters. The summed E-state index contributed by atoms with van der Waals surface area (Å²) in [6.45, 7) is 2.51. The molecule has 29 heavy (non-hydrogen) atoms. The minimum Gasteiger partial charge on any atom is -0.508 e. The number of fused-ring (bicyclic) bond motifs is 1. The van der Waals surface area contributed by atoms with Gasteiger partial charge in [-0.2, -0.15) is 0 Å². The van der Waals surface area contributed by atoms with Crippen molar-refractivity contribution in [2.24, 2.45) is 0 Å². The lowest BCUT2D eigenvalue weighted by atomic mass is 10.2. The average Bonchev–Trinajstić information content (AvgIpc) is 2.75. The third kappa shape index (κ3) is 3.89. The Bertz CT molecular complexity index is 1220. The largest absolute Gasteiger partial charge is 0.508 e. The van der Waals surface area contributed by atoms with Gasteiger partial charge in [-0.05, 0) is 67.1 Å². The fraction of sp³-hybridized carbons (Fsp3) is 0.0833. The number of phenols is 1. The number of aromatic nitrogens is 2. The summed E-state index contributed by atoms with van der Waals surface area (Å²) in [5.74, 6) is 1.47. The molecule has 0 atom stereocenters. The third-order valence-electron chi connectivity index (χ3n) is 4.53. The van der Waals surface area contributed by atoms with Gasteiger partial charge in [-0.3, -0.25) is 9.36 Å². The zero-order chi connectivity index (χ0) is 20.2. The molecule has 3 aromatic carbocycles. The quantitative estimate of drug-likeness (QED) is 0.543. The highest BCUT2D eigenvalue weighted by Gasteiger charge is 2.11. The molecule has 0 aliphatic carbocycles. The molecule has 0 fully saturated rings. The maximum atomic E-state index is 13.2. The van der Waals surface area contributed by atoms with Gasteiger partial charge in [0, 0.05) is 0 Å². The summed E-state index contributed by atoms with van der Waals surface area (Å²) in [6.07, 6.45) is 3.66. The SMILES string of the molecule is CCOc1ccc(-n2c(C=Cc3ccc(O)cc3)nc3ccccc3c2=O)cc1. The minimum absolute atomic E-state index is 0.134. The van der Waals surface area contributed by atoms with E-state index in [2.05, 4.69) is 0 Å². The lowest BCUT2D eigenvalue weighted by Gasteiger charge is -2.12. The number of aromatic hydroxyl groups is 1. The molecule has 0 amide bonds. The van der Waals surface area contributed by atoms with E-state index in [1.807, 2.05) is 55.5 Å². The fourth-order valence-electron chi connectivity index (χ4n) is 3.13. The molecule has 0 radical (unpaired) electrons. The topological polar surface area (TPSA) is 64.3 Å². The Morgan fingerprint density at radius 2 is 1.69 bits per heavy atom. The third-order valence-corrected chi connectivity index (χ3v) is 4.53. The summed E-state index contributed by atoms with van der Waals surface area (Å²) in [4.78, 5) is 17.9. The molecule has 4 aromatic rings. The molecule has 0 saturated carbocycles. The standard InChI is InChI=1S/C24H20N2O3/c1-2-29-20-14-10-18(11-15-20)26-23(16-9-17-7-12-19(27)13-8-17)25-22-6-4-3-5-21(22)24(26)28/h3-16,27H,2H2,1H3. The molecule has 0 saturated heterocycles. The number of hydrogen-bond acceptors (Lipinski definition) is 4. The van der Waals surface area contributed by atoms with Crippen LogP contribution in [0.15, 0.2) is 77.6 Å². The molecule has 0 bridgehead atoms. The van der Waals surface area contributed by atoms with Crippen molar-refractivity contribution in [3.8, 4) is 17.2 Å². The summed E-state index contributed by atoms with van der Waals surface area (Å²) in [6, 6.07) is 21.5. The number of nitrogens with zero attached hydrogens (tertiary/aromatic N) is 2. The van der Waals surface area contributed by atoms with Crippen LogP contribution < -0.4 is 10.3 Å². The van der Waals surface area contributed by atoms with Gasteiger partial charge in [0.2, 0.25) is 0 Å². The van der Waals surface area contributed by atoms with Gasteiger partial charge in [0.15, 0.2) is 0 Å². The van der Waals surface area contributed by atoms with E-state index in [0.29, 0.717) is 29.0 Å². The molecule has 1 heterocycles. The lowest BCUT2D eigenvalue weighted by molar-refractivity contribution is 0.340. The van der Waals surface area contributed by atoms with Gasteiger partial charge in [-0.25, -0.2) is 4.98 Å². The lowest BCUT2D eigenvalue weighted by Crippen LogP contribution is -2.22. The monoisotopic (exact) mass is 384 g/mol. The Morgan fingerprint density at radius 1 is 0.966 bits per heavy atom. The van der Waals surface area contributed by atoms with Gasteiger partial charge in [0.25, 0.3) is 5.56 Å². The fourth-order valence-corrected chi connectivity index (χ4v) is 3.13. The molecule has 0 aliphatic rings. The van der Waals surface area contributed by atoms with Crippen LogP contribution in [0.3, 0.4) is 0 Å². The van der Waals surface area contributed by atoms with Crippen molar-refractivity contribution in [1.82, 2.24) is 9.55 Å². The van der Waals surface area contributed by atoms with Crippen LogP contribution in [0, 0.1) is 0 Å². The van der Waals surface area contributed by atoms with Crippen LogP contribution in [-0.4, -0.2) is 21.3 Å². The highest BCUT2D eigenvalue weighted by Crippen LogP contribution is 2.19. The van der Waals surface area contributed by atoms with Crippen LogP contribution in [0.4, 0.5) is 0 Å². The summed E-state index contributed by atoms with van der Waals surface area (Å²) in [5.41, 5.74) is 2.11. The summed E-state index contributed by atoms with van der Waals surface area (Å²) < 4.78 is 7.10. The van der Waals surface area contributed by atoms with Gasteiger partial charge in [-0.15, -0.1) is 0 Å². The van der Waals surface area contributed by atoms with Crippen LogP contribution in [-0.2, 0) is 0 Å². The van der Waals surface area contributed by atoms with E-state index in [4.69, 9.17) is 9.72 Å². The highest BCUT2D eigenvalue weighted by molar-refractivity contribution is 5.80. The van der Waals surface area contributed by atoms with E-state index in [1.54, 1.807) is 41.0 Å². The molecule has 0 spiro atoms. The maximum Gasteiger partial charge on any atom is 0.266 e. The molecule has 144 valence electrons. The predicted octanol–water partition coefficient (Wildman–Crippen LogP) is 4.66. The molecule has 5 heteroatoms. The van der Waals surface area contributed by atoms with Gasteiger partial charge in [0.05, 0.1) is 23.2 Å². The van der Waals surface area contributed by atoms with E-state index < -0.39 is 0 Å². The number of phenolic OH excluding ortho intramolecular Hbond substituents is 1. The van der Waals surface area contributed by atoms with E-state index in [9.17, 15) is 9.90 Å². The Kier molecular flexibility index (Phi) is 5.12. The molecule has 1 aromatic heterocycles. The predicted molar refractivity (Wildman–Crippen MR) is 116 cm³/mol. The van der Waals surface area contributed by atoms with Crippen molar-refractivity contribution < 1.29 is 9.84 Å². The molecule has 0 aliphatic heterocycles. The van der Waals surface area contributed by atoms with E-state index in [1.165, 1.54) is 0 Å². The molecular weight excluding hydrogens is 364 g/mol. The van der Waals surface area contributed by atoms with Crippen molar-refractivity contribution in [2.75, 3.05) is 6.61 Å². The number of benzene rings is 3. The van der Waals surface area contributed by atoms with E-state index in [0.717, 1.165) is 11.3 Å². The van der Waals surface area contributed by atoms with Gasteiger partial charge in [0.1, 0.15) is 17.3 Å². The van der Waals surface area contributed by atoms with Crippen molar-refractivity contribution in [1.29, 1.82) is 0 Å². The van der Waals surface area contributed by atoms with Crippen molar-refractivity contribution in [3.05, 3.63) is 94.5 Å². The first kappa shape index (κ1) is 18.5. The van der Waals surface area contributed by atoms with Crippen LogP contribution in [0.25, 0.3) is 28.7 Å². The maximum absolute atomic E-state index is 13.2. The second-order valence-corrected chi connectivity index (χ2v) is 6.48. The van der Waals surface area contributed by atoms with Gasteiger partial charge in [-0.1, -0.05) is 30.3 Å². The van der Waals surface area contributed by atoms with Crippen LogP contribution in [0.5, 0.6) is 11.5 Å². The normalized spacial score (nSPS) is 11.2. The number of ether oxygens (including phenoxy) is 1. The Hall–Kier alpha value is -3.86. The molecule has 1 N–H and O–H groups in total. The first-order valence-corrected chi connectivity index (χ1v) is 9.38. The minimum atomic E-state index is -0.134. The number of hydrogen-bond donors (Lipinski definition) is 1. The number of rotatable bonds is 5. The molecule has 4 rings (SSSR count). The van der Waals surface area contributed by atoms with E-state index >= 15 is 0 Å². The van der Waals surface area contributed by atoms with Gasteiger partial charge < -0.3 is 9.84 Å². The van der Waals surface area contributed by atoms with Crippen molar-refractivity contribution in [3.63, 3.8) is 0 Å². The first-order chi connectivity index (χ1) is 14.2.